The van der Waals surface area contributed by atoms with Crippen molar-refractivity contribution in [1.29, 1.82) is 0 Å². The average Bonchev–Trinajstić information content (AvgIpc) is 2.24. The molecule has 1 rings (SSSR count). The van der Waals surface area contributed by atoms with Crippen LogP contribution in [-0.4, -0.2) is 9.85 Å². The summed E-state index contributed by atoms with van der Waals surface area (Å²) < 4.78 is 38.8. The maximum atomic E-state index is 12.9. The summed E-state index contributed by atoms with van der Waals surface area (Å²) in [5.41, 5.74) is 3.38. The molecule has 0 amide bonds. The van der Waals surface area contributed by atoms with E-state index in [9.17, 15) is 33.4 Å². The van der Waals surface area contributed by atoms with Gasteiger partial charge >= 0.3 is 17.6 Å². The van der Waals surface area contributed by atoms with Crippen LogP contribution in [-0.2, 0) is 12.6 Å². The molecule has 20 heavy (non-hydrogen) atoms. The monoisotopic (exact) mass is 294 g/mol. The van der Waals surface area contributed by atoms with E-state index < -0.39 is 56.3 Å². The third-order valence-corrected chi connectivity index (χ3v) is 2.62. The van der Waals surface area contributed by atoms with Gasteiger partial charge in [-0.2, -0.15) is 13.2 Å². The second kappa shape index (κ2) is 4.83. The molecular formula is C9H9F3N4O4. The minimum Gasteiger partial charge on any atom is -0.393 e. The summed E-state index contributed by atoms with van der Waals surface area (Å²) in [6.07, 6.45) is -5.48. The molecule has 0 saturated heterocycles. The van der Waals surface area contributed by atoms with Crippen molar-refractivity contribution in [3.8, 4) is 0 Å². The fourth-order valence-electron chi connectivity index (χ4n) is 1.89. The van der Waals surface area contributed by atoms with Crippen LogP contribution in [0, 0.1) is 20.2 Å². The van der Waals surface area contributed by atoms with Crippen LogP contribution in [0.25, 0.3) is 0 Å². The third kappa shape index (κ3) is 2.29. The van der Waals surface area contributed by atoms with Crippen LogP contribution in [0.1, 0.15) is 18.1 Å². The Hall–Kier alpha value is -2.59. The molecule has 4 N–H and O–H groups in total. The SMILES string of the molecule is CCc1c([N+](=O)[O-])c(N)c([N+](=O)[O-])c(N)c1C(F)(F)F. The van der Waals surface area contributed by atoms with E-state index in [4.69, 9.17) is 11.5 Å². The summed E-state index contributed by atoms with van der Waals surface area (Å²) >= 11 is 0. The Kier molecular flexibility index (Phi) is 3.73. The standard InChI is InChI=1S/C9H9F3N4O4/c1-2-3-4(9(10,11)12)5(13)8(16(19)20)6(14)7(3)15(17)18/h2,13-14H2,1H3. The van der Waals surface area contributed by atoms with Gasteiger partial charge in [0.05, 0.1) is 15.4 Å². The number of nitro groups is 2. The van der Waals surface area contributed by atoms with Gasteiger partial charge in [-0.05, 0) is 6.42 Å². The molecule has 0 radical (unpaired) electrons. The van der Waals surface area contributed by atoms with Crippen LogP contribution < -0.4 is 11.5 Å². The largest absolute Gasteiger partial charge is 0.419 e. The molecule has 0 heterocycles. The Morgan fingerprint density at radius 3 is 1.80 bits per heavy atom. The second-order valence-electron chi connectivity index (χ2n) is 3.74. The van der Waals surface area contributed by atoms with E-state index in [0.29, 0.717) is 0 Å². The molecule has 0 atom stereocenters. The molecule has 0 saturated carbocycles. The summed E-state index contributed by atoms with van der Waals surface area (Å²) in [5, 5.41) is 21.6. The van der Waals surface area contributed by atoms with Crippen molar-refractivity contribution < 1.29 is 23.0 Å². The minimum absolute atomic E-state index is 0.405. The van der Waals surface area contributed by atoms with E-state index in [1.165, 1.54) is 6.92 Å². The first-order valence-electron chi connectivity index (χ1n) is 5.13. The molecule has 8 nitrogen and oxygen atoms in total. The van der Waals surface area contributed by atoms with Crippen LogP contribution in [0.3, 0.4) is 0 Å². The number of nitrogen functional groups attached to an aromatic ring is 2. The second-order valence-corrected chi connectivity index (χ2v) is 3.74. The molecule has 0 spiro atoms. The van der Waals surface area contributed by atoms with Gasteiger partial charge in [-0.15, -0.1) is 0 Å². The topological polar surface area (TPSA) is 138 Å². The number of anilines is 2. The number of nitrogens with two attached hydrogens (primary N) is 2. The predicted molar refractivity (Wildman–Crippen MR) is 63.0 cm³/mol. The van der Waals surface area contributed by atoms with E-state index in [1.54, 1.807) is 0 Å². The van der Waals surface area contributed by atoms with Crippen molar-refractivity contribution in [2.45, 2.75) is 19.5 Å². The first-order chi connectivity index (χ1) is 9.03. The van der Waals surface area contributed by atoms with Crippen LogP contribution in [0.4, 0.5) is 35.9 Å². The van der Waals surface area contributed by atoms with Gasteiger partial charge in [-0.3, -0.25) is 20.2 Å². The molecular weight excluding hydrogens is 285 g/mol. The first kappa shape index (κ1) is 15.5. The van der Waals surface area contributed by atoms with Gasteiger partial charge in [0.2, 0.25) is 0 Å². The highest BCUT2D eigenvalue weighted by Crippen LogP contribution is 2.48. The molecule has 0 aliphatic rings. The lowest BCUT2D eigenvalue weighted by Gasteiger charge is -2.16. The van der Waals surface area contributed by atoms with Crippen molar-refractivity contribution in [1.82, 2.24) is 0 Å². The number of nitro benzene ring substituents is 2. The number of hydrogen-bond donors (Lipinski definition) is 2. The average molecular weight is 294 g/mol. The Morgan fingerprint density at radius 2 is 1.50 bits per heavy atom. The highest BCUT2D eigenvalue weighted by Gasteiger charge is 2.44. The quantitative estimate of drug-likeness (QED) is 0.498. The molecule has 110 valence electrons. The van der Waals surface area contributed by atoms with Crippen molar-refractivity contribution in [2.24, 2.45) is 0 Å². The Balaban J connectivity index is 4.03. The lowest BCUT2D eigenvalue weighted by Crippen LogP contribution is -2.17. The fourth-order valence-corrected chi connectivity index (χ4v) is 1.89. The Morgan fingerprint density at radius 1 is 1.05 bits per heavy atom. The number of rotatable bonds is 3. The van der Waals surface area contributed by atoms with Crippen molar-refractivity contribution in [3.05, 3.63) is 31.4 Å². The van der Waals surface area contributed by atoms with Crippen LogP contribution in [0.5, 0.6) is 0 Å². The lowest BCUT2D eigenvalue weighted by atomic mass is 9.97. The van der Waals surface area contributed by atoms with Gasteiger partial charge in [0.25, 0.3) is 0 Å². The normalized spacial score (nSPS) is 11.4. The Labute approximate surface area is 109 Å². The number of benzene rings is 1. The smallest absolute Gasteiger partial charge is 0.393 e. The summed E-state index contributed by atoms with van der Waals surface area (Å²) in [7, 11) is 0. The van der Waals surface area contributed by atoms with Crippen LogP contribution in [0.15, 0.2) is 0 Å². The molecule has 0 aromatic heterocycles. The van der Waals surface area contributed by atoms with E-state index in [-0.39, 0.29) is 0 Å². The summed E-state index contributed by atoms with van der Waals surface area (Å²) in [5.74, 6) is 0. The highest BCUT2D eigenvalue weighted by atomic mass is 19.4. The lowest BCUT2D eigenvalue weighted by molar-refractivity contribution is -0.392. The minimum atomic E-state index is -5.07. The number of alkyl halides is 3. The third-order valence-electron chi connectivity index (χ3n) is 2.62. The van der Waals surface area contributed by atoms with Gasteiger partial charge in [0.15, 0.2) is 5.69 Å². The number of halogens is 3. The highest BCUT2D eigenvalue weighted by molar-refractivity contribution is 5.86. The van der Waals surface area contributed by atoms with Gasteiger partial charge in [0, 0.05) is 5.56 Å². The Bertz CT molecular complexity index is 600. The van der Waals surface area contributed by atoms with Crippen LogP contribution in [0.2, 0.25) is 0 Å². The van der Waals surface area contributed by atoms with Crippen LogP contribution >= 0.6 is 0 Å². The zero-order valence-corrected chi connectivity index (χ0v) is 10.0. The molecule has 1 aromatic rings. The zero-order valence-electron chi connectivity index (χ0n) is 10.0. The molecule has 0 unspecified atom stereocenters. The first-order valence-corrected chi connectivity index (χ1v) is 5.13. The van der Waals surface area contributed by atoms with Gasteiger partial charge in [-0.1, -0.05) is 6.92 Å². The van der Waals surface area contributed by atoms with Crippen molar-refractivity contribution >= 4 is 22.7 Å². The molecule has 0 aliphatic heterocycles. The number of hydrogen-bond acceptors (Lipinski definition) is 6. The van der Waals surface area contributed by atoms with E-state index >= 15 is 0 Å². The summed E-state index contributed by atoms with van der Waals surface area (Å²) in [4.78, 5) is 19.2. The van der Waals surface area contributed by atoms with Gasteiger partial charge < -0.3 is 11.5 Å². The molecule has 0 aliphatic carbocycles. The fraction of sp³-hybridized carbons (Fsp3) is 0.333. The summed E-state index contributed by atoms with van der Waals surface area (Å²) in [6.45, 7) is 1.22. The molecule has 11 heteroatoms. The molecule has 0 fully saturated rings. The number of nitrogens with zero attached hydrogens (tertiary/aromatic N) is 2. The molecule has 0 bridgehead atoms. The van der Waals surface area contributed by atoms with Crippen molar-refractivity contribution in [3.63, 3.8) is 0 Å². The van der Waals surface area contributed by atoms with E-state index in [1.807, 2.05) is 0 Å². The predicted octanol–water partition coefficient (Wildman–Crippen LogP) is 2.25. The maximum Gasteiger partial charge on any atom is 0.419 e. The summed E-state index contributed by atoms with van der Waals surface area (Å²) in [6, 6.07) is 0. The van der Waals surface area contributed by atoms with Gasteiger partial charge in [-0.25, -0.2) is 0 Å². The van der Waals surface area contributed by atoms with Gasteiger partial charge in [0.1, 0.15) is 5.69 Å². The van der Waals surface area contributed by atoms with Crippen molar-refractivity contribution in [2.75, 3.05) is 11.5 Å². The van der Waals surface area contributed by atoms with E-state index in [2.05, 4.69) is 0 Å². The zero-order chi connectivity index (χ0) is 15.8. The van der Waals surface area contributed by atoms with E-state index in [0.717, 1.165) is 0 Å². The molecule has 1 aromatic carbocycles. The maximum absolute atomic E-state index is 12.9.